The number of hydrogen-bond acceptors (Lipinski definition) is 0. The third-order valence-corrected chi connectivity index (χ3v) is 1.69. The Labute approximate surface area is 76.1 Å². The normalized spacial score (nSPS) is 9.67. The van der Waals surface area contributed by atoms with Crippen LogP contribution in [0.1, 0.15) is 5.56 Å². The van der Waals surface area contributed by atoms with Crippen molar-refractivity contribution in [2.45, 2.75) is 0 Å². The summed E-state index contributed by atoms with van der Waals surface area (Å²) in [6.07, 6.45) is 1.84. The van der Waals surface area contributed by atoms with E-state index < -0.39 is 0 Å². The molecule has 1 rings (SSSR count). The molecule has 0 aliphatic rings. The zero-order valence-corrected chi connectivity index (χ0v) is 7.77. The largest absolute Gasteiger partial charge is 0.241 e. The molecule has 0 amide bonds. The van der Waals surface area contributed by atoms with Gasteiger partial charge in [-0.15, -0.1) is 0 Å². The van der Waals surface area contributed by atoms with Crippen molar-refractivity contribution in [2.75, 3.05) is 14.1 Å². The molecular weight excluding hydrogens is 177 g/mol. The molecule has 0 saturated heterocycles. The van der Waals surface area contributed by atoms with Crippen molar-refractivity contribution in [2.24, 2.45) is 0 Å². The van der Waals surface area contributed by atoms with Crippen LogP contribution >= 0.6 is 11.6 Å². The first-order valence-electron chi connectivity index (χ1n) is 3.56. The number of nitrogens with zero attached hydrogens (tertiary/aromatic N) is 1. The van der Waals surface area contributed by atoms with Crippen LogP contribution in [-0.2, 0) is 0 Å². The van der Waals surface area contributed by atoms with Crippen molar-refractivity contribution in [3.05, 3.63) is 34.6 Å². The molecule has 0 bridgehead atoms. The Bertz CT molecular complexity index is 316. The molecule has 0 spiro atoms. The van der Waals surface area contributed by atoms with Gasteiger partial charge in [-0.1, -0.05) is 11.6 Å². The molecular formula is C9H10ClFN+. The highest BCUT2D eigenvalue weighted by Gasteiger charge is 2.01. The highest BCUT2D eigenvalue weighted by atomic mass is 35.5. The molecule has 0 heterocycles. The molecule has 0 N–H and O–H groups in total. The van der Waals surface area contributed by atoms with Gasteiger partial charge in [0.15, 0.2) is 6.21 Å². The minimum absolute atomic E-state index is 0.309. The summed E-state index contributed by atoms with van der Waals surface area (Å²) in [6.45, 7) is 0. The zero-order chi connectivity index (χ0) is 9.14. The first kappa shape index (κ1) is 9.20. The predicted molar refractivity (Wildman–Crippen MR) is 48.7 cm³/mol. The second-order valence-corrected chi connectivity index (χ2v) is 3.17. The lowest BCUT2D eigenvalue weighted by atomic mass is 10.2. The molecule has 12 heavy (non-hydrogen) atoms. The third kappa shape index (κ3) is 2.31. The van der Waals surface area contributed by atoms with Crippen LogP contribution in [-0.4, -0.2) is 24.9 Å². The van der Waals surface area contributed by atoms with Crippen LogP contribution in [0.4, 0.5) is 4.39 Å². The summed E-state index contributed by atoms with van der Waals surface area (Å²) in [7, 11) is 3.78. The molecule has 0 saturated carbocycles. The molecule has 3 heteroatoms. The van der Waals surface area contributed by atoms with Crippen LogP contribution in [0.15, 0.2) is 18.2 Å². The topological polar surface area (TPSA) is 3.01 Å². The van der Waals surface area contributed by atoms with Crippen molar-refractivity contribution >= 4 is 17.8 Å². The average Bonchev–Trinajstić information content (AvgIpc) is 1.94. The monoisotopic (exact) mass is 186 g/mol. The van der Waals surface area contributed by atoms with Gasteiger partial charge in [-0.05, 0) is 18.2 Å². The lowest BCUT2D eigenvalue weighted by Crippen LogP contribution is -2.00. The second-order valence-electron chi connectivity index (χ2n) is 2.76. The van der Waals surface area contributed by atoms with E-state index in [9.17, 15) is 4.39 Å². The van der Waals surface area contributed by atoms with Gasteiger partial charge in [0.2, 0.25) is 0 Å². The average molecular weight is 187 g/mol. The molecule has 0 atom stereocenters. The molecule has 0 unspecified atom stereocenters. The van der Waals surface area contributed by atoms with Crippen LogP contribution in [0.5, 0.6) is 0 Å². The van der Waals surface area contributed by atoms with E-state index in [4.69, 9.17) is 11.6 Å². The van der Waals surface area contributed by atoms with Gasteiger partial charge in [0, 0.05) is 0 Å². The van der Waals surface area contributed by atoms with Crippen molar-refractivity contribution < 1.29 is 8.97 Å². The summed E-state index contributed by atoms with van der Waals surface area (Å²) in [5.74, 6) is -0.309. The van der Waals surface area contributed by atoms with Gasteiger partial charge in [-0.3, -0.25) is 0 Å². The van der Waals surface area contributed by atoms with Crippen LogP contribution < -0.4 is 0 Å². The van der Waals surface area contributed by atoms with Crippen molar-refractivity contribution in [3.8, 4) is 0 Å². The van der Waals surface area contributed by atoms with Crippen molar-refractivity contribution in [3.63, 3.8) is 0 Å². The van der Waals surface area contributed by atoms with E-state index in [1.165, 1.54) is 12.1 Å². The third-order valence-electron chi connectivity index (χ3n) is 1.36. The molecule has 0 aromatic heterocycles. The Morgan fingerprint density at radius 3 is 2.58 bits per heavy atom. The maximum atomic E-state index is 12.6. The number of rotatable bonds is 1. The molecule has 0 aliphatic heterocycles. The fourth-order valence-corrected chi connectivity index (χ4v) is 1.10. The lowest BCUT2D eigenvalue weighted by Gasteiger charge is -1.95. The first-order chi connectivity index (χ1) is 5.59. The predicted octanol–water partition coefficient (Wildman–Crippen LogP) is 2.17. The van der Waals surface area contributed by atoms with Gasteiger partial charge in [0.25, 0.3) is 0 Å². The molecule has 1 nitrogen and oxygen atoms in total. The molecule has 64 valence electrons. The summed E-state index contributed by atoms with van der Waals surface area (Å²) in [5, 5.41) is 0.434. The summed E-state index contributed by atoms with van der Waals surface area (Å²) in [5.41, 5.74) is 0.822. The molecule has 0 aliphatic carbocycles. The minimum atomic E-state index is -0.309. The van der Waals surface area contributed by atoms with Gasteiger partial charge < -0.3 is 0 Å². The van der Waals surface area contributed by atoms with Crippen LogP contribution in [0.3, 0.4) is 0 Å². The van der Waals surface area contributed by atoms with E-state index in [1.54, 1.807) is 6.07 Å². The maximum absolute atomic E-state index is 12.6. The Morgan fingerprint density at radius 1 is 1.42 bits per heavy atom. The molecule has 1 aromatic carbocycles. The molecule has 0 radical (unpaired) electrons. The van der Waals surface area contributed by atoms with E-state index in [-0.39, 0.29) is 5.82 Å². The van der Waals surface area contributed by atoms with E-state index in [0.29, 0.717) is 5.02 Å². The standard InChI is InChI=1S/C9H10ClFN/c1-12(2)6-7-3-4-8(11)5-9(7)10/h3-6H,1-2H3/q+1. The number of halogens is 2. The quantitative estimate of drug-likeness (QED) is 0.467. The van der Waals surface area contributed by atoms with E-state index in [0.717, 1.165) is 5.56 Å². The lowest BCUT2D eigenvalue weighted by molar-refractivity contribution is -0.458. The van der Waals surface area contributed by atoms with Crippen molar-refractivity contribution in [1.82, 2.24) is 0 Å². The van der Waals surface area contributed by atoms with Gasteiger partial charge in [-0.2, -0.15) is 0 Å². The fraction of sp³-hybridized carbons (Fsp3) is 0.222. The van der Waals surface area contributed by atoms with E-state index >= 15 is 0 Å². The fourth-order valence-electron chi connectivity index (χ4n) is 0.884. The summed E-state index contributed by atoms with van der Waals surface area (Å²) >= 11 is 5.78. The summed E-state index contributed by atoms with van der Waals surface area (Å²) < 4.78 is 14.4. The summed E-state index contributed by atoms with van der Waals surface area (Å²) in [4.78, 5) is 0. The van der Waals surface area contributed by atoms with Gasteiger partial charge in [0.05, 0.1) is 10.6 Å². The Hall–Kier alpha value is -0.890. The van der Waals surface area contributed by atoms with E-state index in [1.807, 2.05) is 24.9 Å². The van der Waals surface area contributed by atoms with E-state index in [2.05, 4.69) is 0 Å². The summed E-state index contributed by atoms with van der Waals surface area (Å²) in [6, 6.07) is 4.34. The highest BCUT2D eigenvalue weighted by molar-refractivity contribution is 6.32. The highest BCUT2D eigenvalue weighted by Crippen LogP contribution is 2.14. The minimum Gasteiger partial charge on any atom is -0.241 e. The van der Waals surface area contributed by atoms with Gasteiger partial charge in [-0.25, -0.2) is 8.97 Å². The second kappa shape index (κ2) is 3.68. The van der Waals surface area contributed by atoms with Crippen LogP contribution in [0.25, 0.3) is 0 Å². The SMILES string of the molecule is C[N+](C)=Cc1ccc(F)cc1Cl. The molecule has 0 fully saturated rings. The maximum Gasteiger partial charge on any atom is 0.171 e. The Morgan fingerprint density at radius 2 is 2.08 bits per heavy atom. The molecule has 1 aromatic rings. The number of hydrogen-bond donors (Lipinski definition) is 0. The van der Waals surface area contributed by atoms with Crippen LogP contribution in [0.2, 0.25) is 5.02 Å². The van der Waals surface area contributed by atoms with Crippen molar-refractivity contribution in [1.29, 1.82) is 0 Å². The smallest absolute Gasteiger partial charge is 0.171 e. The number of benzene rings is 1. The van der Waals surface area contributed by atoms with Crippen LogP contribution in [0, 0.1) is 5.82 Å². The zero-order valence-electron chi connectivity index (χ0n) is 7.01. The Kier molecular flexibility index (Phi) is 2.82. The van der Waals surface area contributed by atoms with Gasteiger partial charge >= 0.3 is 0 Å². The van der Waals surface area contributed by atoms with Gasteiger partial charge in [0.1, 0.15) is 19.9 Å². The Balaban J connectivity index is 3.10. The first-order valence-corrected chi connectivity index (χ1v) is 3.94.